The van der Waals surface area contributed by atoms with Crippen molar-refractivity contribution in [3.05, 3.63) is 58.9 Å². The van der Waals surface area contributed by atoms with Gasteiger partial charge >= 0.3 is 0 Å². The molecule has 2 aromatic rings. The van der Waals surface area contributed by atoms with Gasteiger partial charge in [-0.25, -0.2) is 4.39 Å². The van der Waals surface area contributed by atoms with Crippen LogP contribution in [0.4, 0.5) is 4.39 Å². The van der Waals surface area contributed by atoms with Crippen molar-refractivity contribution < 1.29 is 9.18 Å². The largest absolute Gasteiger partial charge is 0.345 e. The minimum absolute atomic E-state index is 0.0373. The molecule has 2 aromatic carbocycles. The quantitative estimate of drug-likeness (QED) is 0.809. The zero-order valence-electron chi connectivity index (χ0n) is 13.8. The van der Waals surface area contributed by atoms with Crippen LogP contribution in [-0.4, -0.2) is 24.9 Å². The number of aryl methyl sites for hydroxylation is 1. The summed E-state index contributed by atoms with van der Waals surface area (Å²) in [5.41, 5.74) is 3.84. The summed E-state index contributed by atoms with van der Waals surface area (Å²) in [6.45, 7) is 5.74. The molecule has 0 saturated carbocycles. The van der Waals surface area contributed by atoms with E-state index in [9.17, 15) is 9.18 Å². The second-order valence-electron chi connectivity index (χ2n) is 6.13. The number of amides is 1. The highest BCUT2D eigenvalue weighted by atomic mass is 19.1. The van der Waals surface area contributed by atoms with Gasteiger partial charge in [-0.1, -0.05) is 26.0 Å². The summed E-state index contributed by atoms with van der Waals surface area (Å²) in [5.74, 6) is -0.0609. The van der Waals surface area contributed by atoms with Crippen LogP contribution in [0.3, 0.4) is 0 Å². The van der Waals surface area contributed by atoms with Crippen LogP contribution >= 0.6 is 0 Å². The summed E-state index contributed by atoms with van der Waals surface area (Å²) in [6.07, 6.45) is 0. The van der Waals surface area contributed by atoms with Gasteiger partial charge in [0, 0.05) is 19.7 Å². The first-order valence-corrected chi connectivity index (χ1v) is 7.43. The van der Waals surface area contributed by atoms with Crippen molar-refractivity contribution in [1.82, 2.24) is 4.90 Å². The maximum Gasteiger partial charge on any atom is 0.253 e. The number of hydrogen-bond acceptors (Lipinski definition) is 1. The van der Waals surface area contributed by atoms with Gasteiger partial charge in [-0.2, -0.15) is 0 Å². The normalized spacial score (nSPS) is 10.9. The van der Waals surface area contributed by atoms with E-state index in [-0.39, 0.29) is 17.6 Å². The molecular formula is C19H22FNO. The van der Waals surface area contributed by atoms with Gasteiger partial charge in [-0.05, 0) is 59.4 Å². The molecule has 0 unspecified atom stereocenters. The molecule has 0 fully saturated rings. The topological polar surface area (TPSA) is 20.3 Å². The van der Waals surface area contributed by atoms with Crippen LogP contribution in [-0.2, 0) is 0 Å². The lowest BCUT2D eigenvalue weighted by molar-refractivity contribution is 0.0827. The zero-order chi connectivity index (χ0) is 16.4. The first kappa shape index (κ1) is 16.2. The first-order valence-electron chi connectivity index (χ1n) is 7.43. The van der Waals surface area contributed by atoms with Crippen LogP contribution in [0.15, 0.2) is 36.4 Å². The SMILES string of the molecule is Cc1cc(-c2cccc(C(=O)N(C)C)c2)cc(C(C)C)c1F. The third-order valence-corrected chi connectivity index (χ3v) is 3.75. The molecule has 0 saturated heterocycles. The lowest BCUT2D eigenvalue weighted by Gasteiger charge is -2.14. The molecule has 2 nitrogen and oxygen atoms in total. The maximum absolute atomic E-state index is 14.2. The van der Waals surface area contributed by atoms with E-state index in [4.69, 9.17) is 0 Å². The van der Waals surface area contributed by atoms with Crippen molar-refractivity contribution in [2.75, 3.05) is 14.1 Å². The number of halogens is 1. The summed E-state index contributed by atoms with van der Waals surface area (Å²) in [4.78, 5) is 13.6. The average Bonchev–Trinajstić information content (AvgIpc) is 2.48. The van der Waals surface area contributed by atoms with Gasteiger partial charge in [0.2, 0.25) is 0 Å². The van der Waals surface area contributed by atoms with Crippen molar-refractivity contribution in [3.8, 4) is 11.1 Å². The Bertz CT molecular complexity index is 705. The molecular weight excluding hydrogens is 277 g/mol. The van der Waals surface area contributed by atoms with Gasteiger partial charge in [0.25, 0.3) is 5.91 Å². The average molecular weight is 299 g/mol. The minimum atomic E-state index is -0.140. The van der Waals surface area contributed by atoms with Gasteiger partial charge in [-0.15, -0.1) is 0 Å². The van der Waals surface area contributed by atoms with Crippen molar-refractivity contribution in [2.45, 2.75) is 26.7 Å². The molecule has 3 heteroatoms. The summed E-state index contributed by atoms with van der Waals surface area (Å²) >= 11 is 0. The van der Waals surface area contributed by atoms with Crippen molar-refractivity contribution >= 4 is 5.91 Å². The molecule has 0 atom stereocenters. The van der Waals surface area contributed by atoms with E-state index >= 15 is 0 Å². The number of nitrogens with zero attached hydrogens (tertiary/aromatic N) is 1. The van der Waals surface area contributed by atoms with Crippen LogP contribution in [0, 0.1) is 12.7 Å². The number of carbonyl (C=O) groups is 1. The van der Waals surface area contributed by atoms with Crippen molar-refractivity contribution in [3.63, 3.8) is 0 Å². The monoisotopic (exact) mass is 299 g/mol. The van der Waals surface area contributed by atoms with Gasteiger partial charge in [0.15, 0.2) is 0 Å². The fourth-order valence-electron chi connectivity index (χ4n) is 2.47. The van der Waals surface area contributed by atoms with Gasteiger partial charge in [0.05, 0.1) is 0 Å². The molecule has 0 spiro atoms. The van der Waals surface area contributed by atoms with Crippen LogP contribution in [0.5, 0.6) is 0 Å². The number of carbonyl (C=O) groups excluding carboxylic acids is 1. The molecule has 0 aliphatic heterocycles. The fraction of sp³-hybridized carbons (Fsp3) is 0.316. The standard InChI is InChI=1S/C19H22FNO/c1-12(2)17-11-16(9-13(3)18(17)20)14-7-6-8-15(10-14)19(22)21(4)5/h6-12H,1-5H3. The molecule has 2 rings (SSSR count). The second-order valence-corrected chi connectivity index (χ2v) is 6.13. The smallest absolute Gasteiger partial charge is 0.253 e. The van der Waals surface area contributed by atoms with E-state index in [1.807, 2.05) is 44.2 Å². The molecule has 0 bridgehead atoms. The Morgan fingerprint density at radius 3 is 2.36 bits per heavy atom. The van der Waals surface area contributed by atoms with Gasteiger partial charge in [-0.3, -0.25) is 4.79 Å². The lowest BCUT2D eigenvalue weighted by Crippen LogP contribution is -2.21. The molecule has 0 radical (unpaired) electrons. The van der Waals surface area contributed by atoms with E-state index in [1.54, 1.807) is 32.0 Å². The van der Waals surface area contributed by atoms with E-state index in [1.165, 1.54) is 0 Å². The minimum Gasteiger partial charge on any atom is -0.345 e. The summed E-state index contributed by atoms with van der Waals surface area (Å²) in [5, 5.41) is 0. The number of benzene rings is 2. The molecule has 0 aromatic heterocycles. The maximum atomic E-state index is 14.2. The highest BCUT2D eigenvalue weighted by Crippen LogP contribution is 2.29. The Labute approximate surface area is 131 Å². The Kier molecular flexibility index (Phi) is 4.65. The predicted octanol–water partition coefficient (Wildman–Crippen LogP) is 4.63. The Morgan fingerprint density at radius 2 is 1.77 bits per heavy atom. The molecule has 116 valence electrons. The fourth-order valence-corrected chi connectivity index (χ4v) is 2.47. The molecule has 1 amide bonds. The zero-order valence-corrected chi connectivity index (χ0v) is 13.8. The summed E-state index contributed by atoms with van der Waals surface area (Å²) in [7, 11) is 3.46. The molecule has 0 aliphatic carbocycles. The van der Waals surface area contributed by atoms with Crippen LogP contribution in [0.25, 0.3) is 11.1 Å². The van der Waals surface area contributed by atoms with Gasteiger partial charge in [0.1, 0.15) is 5.82 Å². The third-order valence-electron chi connectivity index (χ3n) is 3.75. The Morgan fingerprint density at radius 1 is 1.09 bits per heavy atom. The van der Waals surface area contributed by atoms with Crippen LogP contribution in [0.1, 0.15) is 41.3 Å². The second kappa shape index (κ2) is 6.30. The van der Waals surface area contributed by atoms with Crippen molar-refractivity contribution in [2.24, 2.45) is 0 Å². The Balaban J connectivity index is 2.53. The van der Waals surface area contributed by atoms with Crippen LogP contribution < -0.4 is 0 Å². The molecule has 22 heavy (non-hydrogen) atoms. The van der Waals surface area contributed by atoms with E-state index in [0.29, 0.717) is 16.7 Å². The predicted molar refractivity (Wildman–Crippen MR) is 88.7 cm³/mol. The summed E-state index contributed by atoms with van der Waals surface area (Å²) in [6, 6.07) is 11.2. The lowest BCUT2D eigenvalue weighted by atomic mass is 9.93. The molecule has 0 heterocycles. The third kappa shape index (κ3) is 3.19. The van der Waals surface area contributed by atoms with Crippen LogP contribution in [0.2, 0.25) is 0 Å². The number of rotatable bonds is 3. The van der Waals surface area contributed by atoms with Gasteiger partial charge < -0.3 is 4.90 Å². The van der Waals surface area contributed by atoms with E-state index in [2.05, 4.69) is 0 Å². The molecule has 0 N–H and O–H groups in total. The Hall–Kier alpha value is -2.16. The van der Waals surface area contributed by atoms with Crippen molar-refractivity contribution in [1.29, 1.82) is 0 Å². The summed E-state index contributed by atoms with van der Waals surface area (Å²) < 4.78 is 14.2. The van der Waals surface area contributed by atoms with E-state index in [0.717, 1.165) is 11.1 Å². The first-order chi connectivity index (χ1) is 10.3. The van der Waals surface area contributed by atoms with E-state index < -0.39 is 0 Å². The highest BCUT2D eigenvalue weighted by Gasteiger charge is 2.13. The highest BCUT2D eigenvalue weighted by molar-refractivity contribution is 5.95. The molecule has 0 aliphatic rings. The number of hydrogen-bond donors (Lipinski definition) is 0.